The molecule has 0 amide bonds. The Labute approximate surface area is 145 Å². The minimum absolute atomic E-state index is 0.0882. The second kappa shape index (κ2) is 7.12. The molecule has 0 aliphatic rings. The van der Waals surface area contributed by atoms with Gasteiger partial charge in [-0.2, -0.15) is 5.10 Å². The molecule has 0 bridgehead atoms. The van der Waals surface area contributed by atoms with Gasteiger partial charge in [-0.1, -0.05) is 0 Å². The molecule has 3 rings (SSSR count). The fourth-order valence-corrected chi connectivity index (χ4v) is 2.43. The SMILES string of the molecule is CCOc1cc(-c2nc(-c3ccc(OC)c(OC)c3)n[nH]2)ccc1O. The van der Waals surface area contributed by atoms with Crippen molar-refractivity contribution in [1.29, 1.82) is 0 Å². The summed E-state index contributed by atoms with van der Waals surface area (Å²) in [5.74, 6) is 2.85. The van der Waals surface area contributed by atoms with E-state index in [0.717, 1.165) is 11.1 Å². The number of methoxy groups -OCH3 is 2. The lowest BCUT2D eigenvalue weighted by Gasteiger charge is -2.08. The van der Waals surface area contributed by atoms with Gasteiger partial charge in [0.15, 0.2) is 34.6 Å². The third-order valence-corrected chi connectivity index (χ3v) is 3.66. The van der Waals surface area contributed by atoms with Crippen LogP contribution in [0, 0.1) is 0 Å². The molecule has 2 aromatic carbocycles. The zero-order chi connectivity index (χ0) is 17.8. The van der Waals surface area contributed by atoms with Crippen LogP contribution in [0.1, 0.15) is 6.92 Å². The Morgan fingerprint density at radius 2 is 1.68 bits per heavy atom. The number of H-pyrrole nitrogens is 1. The quantitative estimate of drug-likeness (QED) is 0.715. The maximum atomic E-state index is 9.81. The van der Waals surface area contributed by atoms with E-state index in [-0.39, 0.29) is 5.75 Å². The average Bonchev–Trinajstić information content (AvgIpc) is 3.13. The standard InChI is InChI=1S/C18H19N3O4/c1-4-25-15-9-11(5-7-13(15)22)17-19-18(21-20-17)12-6-8-14(23-2)16(10-12)24-3/h5-10,22H,4H2,1-3H3,(H,19,20,21). The van der Waals surface area contributed by atoms with Gasteiger partial charge in [0.1, 0.15) is 0 Å². The van der Waals surface area contributed by atoms with Crippen LogP contribution in [0.2, 0.25) is 0 Å². The number of nitrogens with one attached hydrogen (secondary N) is 1. The highest BCUT2D eigenvalue weighted by atomic mass is 16.5. The number of phenolic OH excluding ortho intramolecular Hbond substituents is 1. The first-order valence-electron chi connectivity index (χ1n) is 7.77. The fourth-order valence-electron chi connectivity index (χ4n) is 2.43. The Kier molecular flexibility index (Phi) is 4.74. The number of benzene rings is 2. The highest BCUT2D eigenvalue weighted by molar-refractivity contribution is 5.66. The number of nitrogens with zero attached hydrogens (tertiary/aromatic N) is 2. The lowest BCUT2D eigenvalue weighted by Crippen LogP contribution is -1.92. The lowest BCUT2D eigenvalue weighted by molar-refractivity contribution is 0.318. The molecule has 0 saturated heterocycles. The van der Waals surface area contributed by atoms with E-state index in [0.29, 0.717) is 35.5 Å². The highest BCUT2D eigenvalue weighted by Crippen LogP contribution is 2.33. The molecule has 0 saturated carbocycles. The number of hydrogen-bond acceptors (Lipinski definition) is 6. The number of ether oxygens (including phenoxy) is 3. The smallest absolute Gasteiger partial charge is 0.181 e. The van der Waals surface area contributed by atoms with Gasteiger partial charge in [-0.15, -0.1) is 0 Å². The molecular weight excluding hydrogens is 322 g/mol. The molecule has 0 spiro atoms. The molecule has 25 heavy (non-hydrogen) atoms. The van der Waals surface area contributed by atoms with E-state index in [1.807, 2.05) is 19.1 Å². The van der Waals surface area contributed by atoms with Crippen molar-refractivity contribution >= 4 is 0 Å². The molecule has 0 unspecified atom stereocenters. The van der Waals surface area contributed by atoms with Gasteiger partial charge in [-0.05, 0) is 43.3 Å². The van der Waals surface area contributed by atoms with Crippen molar-refractivity contribution in [1.82, 2.24) is 15.2 Å². The van der Waals surface area contributed by atoms with E-state index >= 15 is 0 Å². The van der Waals surface area contributed by atoms with E-state index in [1.54, 1.807) is 38.5 Å². The van der Waals surface area contributed by atoms with Crippen molar-refractivity contribution in [3.05, 3.63) is 36.4 Å². The summed E-state index contributed by atoms with van der Waals surface area (Å²) in [7, 11) is 3.17. The summed E-state index contributed by atoms with van der Waals surface area (Å²) in [4.78, 5) is 4.51. The summed E-state index contributed by atoms with van der Waals surface area (Å²) in [5, 5.41) is 17.0. The largest absolute Gasteiger partial charge is 0.504 e. The van der Waals surface area contributed by atoms with Crippen LogP contribution in [-0.4, -0.2) is 41.1 Å². The van der Waals surface area contributed by atoms with Crippen molar-refractivity contribution in [3.63, 3.8) is 0 Å². The molecule has 0 atom stereocenters. The van der Waals surface area contributed by atoms with Crippen LogP contribution in [0.5, 0.6) is 23.0 Å². The summed E-state index contributed by atoms with van der Waals surface area (Å²) in [5.41, 5.74) is 1.56. The number of phenols is 1. The van der Waals surface area contributed by atoms with Crippen molar-refractivity contribution in [2.24, 2.45) is 0 Å². The molecule has 2 N–H and O–H groups in total. The molecule has 130 valence electrons. The van der Waals surface area contributed by atoms with E-state index in [9.17, 15) is 5.11 Å². The third kappa shape index (κ3) is 3.35. The van der Waals surface area contributed by atoms with Gasteiger partial charge < -0.3 is 19.3 Å². The number of aromatic hydroxyl groups is 1. The first kappa shape index (κ1) is 16.6. The zero-order valence-electron chi connectivity index (χ0n) is 14.2. The fraction of sp³-hybridized carbons (Fsp3) is 0.222. The lowest BCUT2D eigenvalue weighted by atomic mass is 10.1. The molecule has 0 aliphatic heterocycles. The Morgan fingerprint density at radius 1 is 0.960 bits per heavy atom. The van der Waals surface area contributed by atoms with E-state index in [2.05, 4.69) is 15.2 Å². The van der Waals surface area contributed by atoms with Crippen LogP contribution >= 0.6 is 0 Å². The van der Waals surface area contributed by atoms with Crippen LogP contribution in [0.4, 0.5) is 0 Å². The summed E-state index contributed by atoms with van der Waals surface area (Å²) in [6, 6.07) is 10.5. The predicted octanol–water partition coefficient (Wildman–Crippen LogP) is 3.26. The van der Waals surface area contributed by atoms with Gasteiger partial charge >= 0.3 is 0 Å². The number of aromatic nitrogens is 3. The number of aromatic amines is 1. The van der Waals surface area contributed by atoms with Crippen molar-refractivity contribution in [2.45, 2.75) is 6.92 Å². The molecule has 1 aromatic heterocycles. The molecular formula is C18H19N3O4. The predicted molar refractivity (Wildman–Crippen MR) is 93.2 cm³/mol. The van der Waals surface area contributed by atoms with Gasteiger partial charge in [0.25, 0.3) is 0 Å². The first-order valence-corrected chi connectivity index (χ1v) is 7.77. The maximum absolute atomic E-state index is 9.81. The zero-order valence-corrected chi connectivity index (χ0v) is 14.2. The molecule has 0 radical (unpaired) electrons. The van der Waals surface area contributed by atoms with Crippen LogP contribution in [0.25, 0.3) is 22.8 Å². The van der Waals surface area contributed by atoms with E-state index in [4.69, 9.17) is 14.2 Å². The third-order valence-electron chi connectivity index (χ3n) is 3.66. The monoisotopic (exact) mass is 341 g/mol. The molecule has 0 fully saturated rings. The second-order valence-electron chi connectivity index (χ2n) is 5.19. The van der Waals surface area contributed by atoms with E-state index < -0.39 is 0 Å². The molecule has 0 aliphatic carbocycles. The van der Waals surface area contributed by atoms with Crippen LogP contribution in [0.15, 0.2) is 36.4 Å². The van der Waals surface area contributed by atoms with Gasteiger partial charge in [0.2, 0.25) is 0 Å². The Morgan fingerprint density at radius 3 is 2.40 bits per heavy atom. The normalized spacial score (nSPS) is 10.5. The van der Waals surface area contributed by atoms with Crippen LogP contribution in [-0.2, 0) is 0 Å². The number of rotatable bonds is 6. The topological polar surface area (TPSA) is 89.5 Å². The minimum atomic E-state index is 0.0882. The second-order valence-corrected chi connectivity index (χ2v) is 5.19. The Hall–Kier alpha value is -3.22. The number of hydrogen-bond donors (Lipinski definition) is 2. The summed E-state index contributed by atoms with van der Waals surface area (Å²) < 4.78 is 16.0. The van der Waals surface area contributed by atoms with Crippen molar-refractivity contribution < 1.29 is 19.3 Å². The van der Waals surface area contributed by atoms with Gasteiger partial charge in [-0.25, -0.2) is 4.98 Å². The summed E-state index contributed by atoms with van der Waals surface area (Å²) >= 11 is 0. The average molecular weight is 341 g/mol. The van der Waals surface area contributed by atoms with Crippen LogP contribution < -0.4 is 14.2 Å². The van der Waals surface area contributed by atoms with Crippen molar-refractivity contribution in [2.75, 3.05) is 20.8 Å². The maximum Gasteiger partial charge on any atom is 0.181 e. The van der Waals surface area contributed by atoms with Crippen molar-refractivity contribution in [3.8, 4) is 45.8 Å². The Balaban J connectivity index is 1.94. The van der Waals surface area contributed by atoms with Gasteiger partial charge in [0.05, 0.1) is 20.8 Å². The molecule has 3 aromatic rings. The van der Waals surface area contributed by atoms with Gasteiger partial charge in [0, 0.05) is 11.1 Å². The molecule has 1 heterocycles. The molecule has 7 nitrogen and oxygen atoms in total. The summed E-state index contributed by atoms with van der Waals surface area (Å²) in [6.07, 6.45) is 0. The highest BCUT2D eigenvalue weighted by Gasteiger charge is 2.13. The molecule has 7 heteroatoms. The van der Waals surface area contributed by atoms with Gasteiger partial charge in [-0.3, -0.25) is 5.10 Å². The Bertz CT molecular complexity index is 877. The van der Waals surface area contributed by atoms with E-state index in [1.165, 1.54) is 0 Å². The summed E-state index contributed by atoms with van der Waals surface area (Å²) in [6.45, 7) is 2.32. The van der Waals surface area contributed by atoms with Crippen LogP contribution in [0.3, 0.4) is 0 Å². The minimum Gasteiger partial charge on any atom is -0.504 e. The first-order chi connectivity index (χ1) is 12.2.